The average molecular weight is 316 g/mol. The molecule has 1 aromatic carbocycles. The van der Waals surface area contributed by atoms with Gasteiger partial charge < -0.3 is 5.32 Å². The molecular formula is C16H23Cl2NO. The minimum atomic E-state index is -0.197. The van der Waals surface area contributed by atoms with Crippen molar-refractivity contribution < 1.29 is 4.79 Å². The number of benzene rings is 1. The molecule has 1 unspecified atom stereocenters. The monoisotopic (exact) mass is 315 g/mol. The first-order valence-electron chi connectivity index (χ1n) is 7.05. The Morgan fingerprint density at radius 3 is 2.30 bits per heavy atom. The van der Waals surface area contributed by atoms with Crippen LogP contribution in [-0.2, 0) is 4.79 Å². The van der Waals surface area contributed by atoms with E-state index >= 15 is 0 Å². The van der Waals surface area contributed by atoms with Gasteiger partial charge in [0.15, 0.2) is 0 Å². The van der Waals surface area contributed by atoms with Crippen LogP contribution in [0.4, 0.5) is 0 Å². The fraction of sp³-hybridized carbons (Fsp3) is 0.562. The highest BCUT2D eigenvalue weighted by Crippen LogP contribution is 2.30. The summed E-state index contributed by atoms with van der Waals surface area (Å²) in [5.74, 6) is 0.639. The summed E-state index contributed by atoms with van der Waals surface area (Å²) < 4.78 is 0. The zero-order chi connectivity index (χ0) is 15.3. The third-order valence-electron chi connectivity index (χ3n) is 3.27. The van der Waals surface area contributed by atoms with Crippen molar-refractivity contribution in [3.05, 3.63) is 33.8 Å². The van der Waals surface area contributed by atoms with Crippen molar-refractivity contribution in [1.82, 2.24) is 5.32 Å². The van der Waals surface area contributed by atoms with E-state index in [-0.39, 0.29) is 17.7 Å². The summed E-state index contributed by atoms with van der Waals surface area (Å²) in [5.41, 5.74) is 0.913. The van der Waals surface area contributed by atoms with Crippen LogP contribution in [0.3, 0.4) is 0 Å². The summed E-state index contributed by atoms with van der Waals surface area (Å²) in [6.07, 6.45) is 0.984. The zero-order valence-electron chi connectivity index (χ0n) is 12.5. The standard InChI is InChI=1S/C16H23Cl2NO/c1-10(2)7-8-19-16(20)15(11(3)4)12-5-6-13(17)14(18)9-12/h5-6,9-11,15H,7-8H2,1-4H3,(H,19,20). The Hall–Kier alpha value is -0.730. The van der Waals surface area contributed by atoms with Crippen molar-refractivity contribution in [3.63, 3.8) is 0 Å². The van der Waals surface area contributed by atoms with Crippen LogP contribution < -0.4 is 5.32 Å². The van der Waals surface area contributed by atoms with Gasteiger partial charge in [-0.1, -0.05) is 57.0 Å². The lowest BCUT2D eigenvalue weighted by atomic mass is 9.87. The first-order valence-corrected chi connectivity index (χ1v) is 7.81. The maximum Gasteiger partial charge on any atom is 0.227 e. The van der Waals surface area contributed by atoms with E-state index in [1.54, 1.807) is 12.1 Å². The summed E-state index contributed by atoms with van der Waals surface area (Å²) in [6.45, 7) is 9.07. The summed E-state index contributed by atoms with van der Waals surface area (Å²) >= 11 is 12.0. The van der Waals surface area contributed by atoms with Crippen molar-refractivity contribution in [3.8, 4) is 0 Å². The van der Waals surface area contributed by atoms with E-state index in [1.165, 1.54) is 0 Å². The molecule has 1 amide bonds. The lowest BCUT2D eigenvalue weighted by Crippen LogP contribution is -2.33. The topological polar surface area (TPSA) is 29.1 Å². The van der Waals surface area contributed by atoms with Crippen molar-refractivity contribution >= 4 is 29.1 Å². The van der Waals surface area contributed by atoms with Crippen molar-refractivity contribution in [2.24, 2.45) is 11.8 Å². The number of hydrogen-bond donors (Lipinski definition) is 1. The van der Waals surface area contributed by atoms with Gasteiger partial charge in [-0.25, -0.2) is 0 Å². The predicted octanol–water partition coefficient (Wildman–Crippen LogP) is 4.90. The van der Waals surface area contributed by atoms with Crippen molar-refractivity contribution in [1.29, 1.82) is 0 Å². The van der Waals surface area contributed by atoms with Gasteiger partial charge >= 0.3 is 0 Å². The number of amides is 1. The molecule has 0 saturated heterocycles. The average Bonchev–Trinajstić information content (AvgIpc) is 2.33. The molecule has 0 aliphatic rings. The lowest BCUT2D eigenvalue weighted by Gasteiger charge is -2.21. The molecule has 0 saturated carbocycles. The van der Waals surface area contributed by atoms with E-state index in [2.05, 4.69) is 19.2 Å². The molecule has 1 aromatic rings. The lowest BCUT2D eigenvalue weighted by molar-refractivity contribution is -0.123. The summed E-state index contributed by atoms with van der Waals surface area (Å²) in [5, 5.41) is 4.02. The molecule has 0 spiro atoms. The van der Waals surface area contributed by atoms with Gasteiger partial charge in [-0.3, -0.25) is 4.79 Å². The van der Waals surface area contributed by atoms with E-state index in [1.807, 2.05) is 19.9 Å². The highest BCUT2D eigenvalue weighted by Gasteiger charge is 2.24. The third kappa shape index (κ3) is 4.99. The Kier molecular flexibility index (Phi) is 6.84. The number of halogens is 2. The molecule has 0 fully saturated rings. The van der Waals surface area contributed by atoms with Crippen LogP contribution in [0, 0.1) is 11.8 Å². The van der Waals surface area contributed by atoms with E-state index in [9.17, 15) is 4.79 Å². The molecule has 0 bridgehead atoms. The predicted molar refractivity (Wildman–Crippen MR) is 86.5 cm³/mol. The smallest absolute Gasteiger partial charge is 0.227 e. The highest BCUT2D eigenvalue weighted by atomic mass is 35.5. The van der Waals surface area contributed by atoms with E-state index in [0.717, 1.165) is 12.0 Å². The van der Waals surface area contributed by atoms with Crippen molar-refractivity contribution in [2.45, 2.75) is 40.0 Å². The molecule has 0 aromatic heterocycles. The largest absolute Gasteiger partial charge is 0.356 e. The Morgan fingerprint density at radius 1 is 1.15 bits per heavy atom. The van der Waals surface area contributed by atoms with Gasteiger partial charge in [-0.2, -0.15) is 0 Å². The Morgan fingerprint density at radius 2 is 1.80 bits per heavy atom. The second-order valence-electron chi connectivity index (χ2n) is 5.87. The van der Waals surface area contributed by atoms with Gasteiger partial charge in [0.05, 0.1) is 16.0 Å². The molecule has 0 aliphatic carbocycles. The van der Waals surface area contributed by atoms with Crippen LogP contribution in [0.15, 0.2) is 18.2 Å². The minimum Gasteiger partial charge on any atom is -0.356 e. The molecule has 1 N–H and O–H groups in total. The van der Waals surface area contributed by atoms with Crippen molar-refractivity contribution in [2.75, 3.05) is 6.54 Å². The Bertz CT molecular complexity index is 458. The number of carbonyl (C=O) groups excluding carboxylic acids is 1. The maximum absolute atomic E-state index is 12.4. The first kappa shape index (κ1) is 17.3. The number of nitrogens with one attached hydrogen (secondary N) is 1. The molecule has 112 valence electrons. The summed E-state index contributed by atoms with van der Waals surface area (Å²) in [4.78, 5) is 12.4. The van der Waals surface area contributed by atoms with Gasteiger partial charge in [0.1, 0.15) is 0 Å². The molecular weight excluding hydrogens is 293 g/mol. The molecule has 0 radical (unpaired) electrons. The Labute approximate surface area is 131 Å². The van der Waals surface area contributed by atoms with Gasteiger partial charge in [-0.15, -0.1) is 0 Å². The van der Waals surface area contributed by atoms with Gasteiger partial charge in [0.2, 0.25) is 5.91 Å². The van der Waals surface area contributed by atoms with E-state index in [4.69, 9.17) is 23.2 Å². The van der Waals surface area contributed by atoms with Crippen LogP contribution in [0.5, 0.6) is 0 Å². The Balaban J connectivity index is 2.82. The van der Waals surface area contributed by atoms with Gasteiger partial charge in [0, 0.05) is 6.54 Å². The van der Waals surface area contributed by atoms with E-state index < -0.39 is 0 Å². The fourth-order valence-electron chi connectivity index (χ4n) is 2.14. The normalized spacial score (nSPS) is 12.8. The van der Waals surface area contributed by atoms with Crippen LogP contribution in [-0.4, -0.2) is 12.5 Å². The molecule has 4 heteroatoms. The third-order valence-corrected chi connectivity index (χ3v) is 4.01. The quantitative estimate of drug-likeness (QED) is 0.795. The highest BCUT2D eigenvalue weighted by molar-refractivity contribution is 6.42. The SMILES string of the molecule is CC(C)CCNC(=O)C(c1ccc(Cl)c(Cl)c1)C(C)C. The van der Waals surface area contributed by atoms with Gasteiger partial charge in [0.25, 0.3) is 0 Å². The second kappa shape index (κ2) is 7.90. The second-order valence-corrected chi connectivity index (χ2v) is 6.68. The van der Waals surface area contributed by atoms with Crippen LogP contribution in [0.25, 0.3) is 0 Å². The molecule has 20 heavy (non-hydrogen) atoms. The molecule has 0 aliphatic heterocycles. The molecule has 0 heterocycles. The van der Waals surface area contributed by atoms with Gasteiger partial charge in [-0.05, 0) is 36.0 Å². The maximum atomic E-state index is 12.4. The molecule has 2 nitrogen and oxygen atoms in total. The first-order chi connectivity index (χ1) is 9.32. The van der Waals surface area contributed by atoms with Crippen LogP contribution >= 0.6 is 23.2 Å². The van der Waals surface area contributed by atoms with Crippen LogP contribution in [0.1, 0.15) is 45.6 Å². The van der Waals surface area contributed by atoms with E-state index in [0.29, 0.717) is 22.5 Å². The number of rotatable bonds is 6. The van der Waals surface area contributed by atoms with Crippen LogP contribution in [0.2, 0.25) is 10.0 Å². The summed E-state index contributed by atoms with van der Waals surface area (Å²) in [7, 11) is 0. The number of carbonyl (C=O) groups is 1. The summed E-state index contributed by atoms with van der Waals surface area (Å²) in [6, 6.07) is 5.41. The fourth-order valence-corrected chi connectivity index (χ4v) is 2.45. The molecule has 1 atom stereocenters. The number of hydrogen-bond acceptors (Lipinski definition) is 1. The minimum absolute atomic E-state index is 0.0547. The zero-order valence-corrected chi connectivity index (χ0v) is 14.1. The molecule has 1 rings (SSSR count).